The van der Waals surface area contributed by atoms with Gasteiger partial charge in [0.2, 0.25) is 17.7 Å². The van der Waals surface area contributed by atoms with Gasteiger partial charge in [-0.2, -0.15) is 5.10 Å². The third-order valence-corrected chi connectivity index (χ3v) is 13.5. The quantitative estimate of drug-likeness (QED) is 0.153. The van der Waals surface area contributed by atoms with Crippen LogP contribution in [-0.4, -0.2) is 115 Å². The number of halogens is 1. The van der Waals surface area contributed by atoms with Crippen molar-refractivity contribution in [1.82, 2.24) is 44.4 Å². The smallest absolute Gasteiger partial charge is 0.257 e. The second-order valence-corrected chi connectivity index (χ2v) is 17.6. The number of thiazole rings is 1. The fraction of sp³-hybridized carbons (Fsp3) is 0.378. The maximum Gasteiger partial charge on any atom is 0.257 e. The summed E-state index contributed by atoms with van der Waals surface area (Å²) in [6.07, 6.45) is 11.2. The van der Waals surface area contributed by atoms with E-state index in [0.29, 0.717) is 78.8 Å². The third-order valence-electron chi connectivity index (χ3n) is 12.8. The van der Waals surface area contributed by atoms with Crippen LogP contribution in [0.1, 0.15) is 61.0 Å². The molecule has 4 aromatic heterocycles. The average molecular weight is 871 g/mol. The lowest BCUT2D eigenvalue weighted by Crippen LogP contribution is -2.52. The zero-order chi connectivity index (χ0) is 43.0. The van der Waals surface area contributed by atoms with Crippen LogP contribution >= 0.6 is 11.3 Å². The Balaban J connectivity index is 0.729. The number of hydrogen-bond donors (Lipinski definition) is 3. The monoisotopic (exact) mass is 870 g/mol. The summed E-state index contributed by atoms with van der Waals surface area (Å²) < 4.78 is 19.9. The van der Waals surface area contributed by atoms with Crippen molar-refractivity contribution in [1.29, 1.82) is 0 Å². The minimum Gasteiger partial charge on any atom is -0.374 e. The Morgan fingerprint density at radius 1 is 0.905 bits per heavy atom. The van der Waals surface area contributed by atoms with Crippen LogP contribution in [0.5, 0.6) is 0 Å². The van der Waals surface area contributed by atoms with Gasteiger partial charge in [0.05, 0.1) is 18.6 Å². The summed E-state index contributed by atoms with van der Waals surface area (Å²) >= 11 is 1.32. The minimum atomic E-state index is -0.913. The molecule has 63 heavy (non-hydrogen) atoms. The van der Waals surface area contributed by atoms with E-state index in [2.05, 4.69) is 57.5 Å². The Hall–Kier alpha value is -6.53. The van der Waals surface area contributed by atoms with Crippen molar-refractivity contribution in [2.45, 2.75) is 63.1 Å². The average Bonchev–Trinajstić information content (AvgIpc) is 4.14. The van der Waals surface area contributed by atoms with Crippen molar-refractivity contribution >= 4 is 62.5 Å². The number of imide groups is 1. The second-order valence-electron chi connectivity index (χ2n) is 16.7. The van der Waals surface area contributed by atoms with Gasteiger partial charge < -0.3 is 19.7 Å². The first-order chi connectivity index (χ1) is 30.7. The second kappa shape index (κ2) is 17.3. The highest BCUT2D eigenvalue weighted by molar-refractivity contribution is 7.13. The van der Waals surface area contributed by atoms with Gasteiger partial charge in [0.15, 0.2) is 17.0 Å². The van der Waals surface area contributed by atoms with Crippen LogP contribution in [0.25, 0.3) is 22.0 Å². The number of nitrogens with one attached hydrogen (secondary N) is 3. The maximum absolute atomic E-state index is 16.3. The number of carbonyl (C=O) groups excluding carboxylic acids is 4. The predicted octanol–water partition coefficient (Wildman–Crippen LogP) is 4.81. The molecule has 3 saturated heterocycles. The summed E-state index contributed by atoms with van der Waals surface area (Å²) in [5, 5.41) is 16.0. The van der Waals surface area contributed by atoms with Gasteiger partial charge in [0, 0.05) is 91.0 Å². The molecule has 0 bridgehead atoms. The number of amides is 4. The molecular weight excluding hydrogens is 824 g/mol. The lowest BCUT2D eigenvalue weighted by atomic mass is 9.89. The van der Waals surface area contributed by atoms with Gasteiger partial charge in [-0.25, -0.2) is 19.3 Å². The number of aromatic nitrogens is 6. The summed E-state index contributed by atoms with van der Waals surface area (Å²) in [7, 11) is 0. The molecule has 4 aliphatic rings. The van der Waals surface area contributed by atoms with Crippen LogP contribution in [0.15, 0.2) is 78.8 Å². The molecule has 10 rings (SSSR count). The number of aryl methyl sites for hydroxylation is 1. The van der Waals surface area contributed by atoms with Crippen LogP contribution in [0.2, 0.25) is 0 Å². The number of nitrogens with zero attached hydrogens (tertiary/aromatic N) is 9. The number of piperazine rings is 1. The Kier molecular flexibility index (Phi) is 11.1. The SMILES string of the molecule is O=C1CC[C@@H](Nc2ccc(C3CCN(CC(=O)N4CCN(c5ccc(-c6ccc7cn([C@@H](C(=O)Nc8nccs8)c8ncn9c8CCC9)nc7c6F)cn5)CC4)CC3)cc2)C(=O)N1. The number of likely N-dealkylation sites (tertiary alicyclic amines) is 1. The number of benzene rings is 2. The molecule has 16 nitrogen and oxygen atoms in total. The van der Waals surface area contributed by atoms with Gasteiger partial charge >= 0.3 is 0 Å². The number of fused-ring (bicyclic) bond motifs is 2. The summed E-state index contributed by atoms with van der Waals surface area (Å²) in [6, 6.07) is 14.1. The van der Waals surface area contributed by atoms with Gasteiger partial charge in [-0.05, 0) is 80.9 Å². The molecule has 18 heteroatoms. The zero-order valence-electron chi connectivity index (χ0n) is 34.6. The van der Waals surface area contributed by atoms with E-state index in [4.69, 9.17) is 4.98 Å². The molecule has 0 aliphatic carbocycles. The standard InChI is InChI=1S/C45H47FN12O4S/c46-39-33(9-5-31-25-58(53-40(31)39)42(44(62)52-45-47-15-23-63-45)41-35-2-1-16-57(35)27-49-41)30-6-11-36(48-24-30)55-19-21-56(22-20-55)38(60)26-54-17-13-29(14-18-54)28-3-7-32(8-4-28)50-34-10-12-37(59)51-43(34)61/h3-9,11,15,23-25,27,29,34,42,50H,1-2,10,12-14,16-22,26H2,(H,47,52,62)(H,51,59,61)/t34-,42-/m1/s1. The van der Waals surface area contributed by atoms with Gasteiger partial charge in [0.25, 0.3) is 5.91 Å². The summed E-state index contributed by atoms with van der Waals surface area (Å²) in [5.41, 5.74) is 4.79. The van der Waals surface area contributed by atoms with E-state index < -0.39 is 17.9 Å². The number of carbonyl (C=O) groups is 4. The van der Waals surface area contributed by atoms with Gasteiger partial charge in [-0.3, -0.25) is 39.4 Å². The van der Waals surface area contributed by atoms with E-state index >= 15 is 4.39 Å². The first kappa shape index (κ1) is 40.5. The molecule has 4 aliphatic heterocycles. The molecule has 8 heterocycles. The molecule has 0 radical (unpaired) electrons. The third kappa shape index (κ3) is 8.39. The summed E-state index contributed by atoms with van der Waals surface area (Å²) in [5.74, 6) is -0.0545. The Labute approximate surface area is 366 Å². The molecule has 0 saturated carbocycles. The fourth-order valence-corrected chi connectivity index (χ4v) is 9.84. The van der Waals surface area contributed by atoms with E-state index in [1.807, 2.05) is 35.2 Å². The largest absolute Gasteiger partial charge is 0.374 e. The first-order valence-electron chi connectivity index (χ1n) is 21.6. The maximum atomic E-state index is 16.3. The first-order valence-corrected chi connectivity index (χ1v) is 22.5. The summed E-state index contributed by atoms with van der Waals surface area (Å²) in [4.78, 5) is 70.6. The van der Waals surface area contributed by atoms with Crippen LogP contribution < -0.4 is 20.9 Å². The van der Waals surface area contributed by atoms with Gasteiger partial charge in [-0.15, -0.1) is 11.3 Å². The molecule has 324 valence electrons. The highest BCUT2D eigenvalue weighted by Gasteiger charge is 2.33. The van der Waals surface area contributed by atoms with Crippen molar-refractivity contribution in [2.24, 2.45) is 0 Å². The van der Waals surface area contributed by atoms with E-state index in [0.717, 1.165) is 62.5 Å². The molecule has 4 amide bonds. The molecule has 2 atom stereocenters. The van der Waals surface area contributed by atoms with Crippen LogP contribution in [0.4, 0.5) is 21.0 Å². The molecule has 3 N–H and O–H groups in total. The number of imidazole rings is 1. The topological polar surface area (TPSA) is 176 Å². The minimum absolute atomic E-state index is 0.133. The predicted molar refractivity (Wildman–Crippen MR) is 236 cm³/mol. The lowest BCUT2D eigenvalue weighted by molar-refractivity contribution is -0.134. The van der Waals surface area contributed by atoms with Crippen LogP contribution in [0.3, 0.4) is 0 Å². The summed E-state index contributed by atoms with van der Waals surface area (Å²) in [6.45, 7) is 5.39. The van der Waals surface area contributed by atoms with E-state index in [9.17, 15) is 19.2 Å². The Morgan fingerprint density at radius 2 is 1.73 bits per heavy atom. The highest BCUT2D eigenvalue weighted by atomic mass is 32.1. The number of rotatable bonds is 11. The van der Waals surface area contributed by atoms with Gasteiger partial charge in [0.1, 0.15) is 17.4 Å². The van der Waals surface area contributed by atoms with Crippen molar-refractivity contribution in [3.05, 3.63) is 102 Å². The number of pyridine rings is 1. The molecule has 3 fully saturated rings. The van der Waals surface area contributed by atoms with Crippen molar-refractivity contribution < 1.29 is 23.6 Å². The Bertz CT molecular complexity index is 2650. The van der Waals surface area contributed by atoms with E-state index in [1.165, 1.54) is 21.6 Å². The number of hydrogen-bond acceptors (Lipinski definition) is 12. The fourth-order valence-electron chi connectivity index (χ4n) is 9.31. The number of anilines is 3. The van der Waals surface area contributed by atoms with E-state index in [-0.39, 0.29) is 29.1 Å². The van der Waals surface area contributed by atoms with Crippen molar-refractivity contribution in [3.63, 3.8) is 0 Å². The van der Waals surface area contributed by atoms with Gasteiger partial charge in [-0.1, -0.05) is 24.3 Å². The normalized spacial score (nSPS) is 19.0. The van der Waals surface area contributed by atoms with E-state index in [1.54, 1.807) is 36.4 Å². The molecule has 0 spiro atoms. The molecule has 0 unspecified atom stereocenters. The van der Waals surface area contributed by atoms with Crippen molar-refractivity contribution in [3.8, 4) is 11.1 Å². The zero-order valence-corrected chi connectivity index (χ0v) is 35.4. The van der Waals surface area contributed by atoms with Crippen LogP contribution in [-0.2, 0) is 32.1 Å². The van der Waals surface area contributed by atoms with Crippen LogP contribution in [0, 0.1) is 5.82 Å². The lowest BCUT2D eigenvalue weighted by Gasteiger charge is -2.37. The number of piperidine rings is 2. The van der Waals surface area contributed by atoms with Crippen molar-refractivity contribution in [2.75, 3.05) is 61.3 Å². The molecular formula is C45H47FN12O4S. The highest BCUT2D eigenvalue weighted by Crippen LogP contribution is 2.33. The molecule has 6 aromatic rings. The Morgan fingerprint density at radius 3 is 2.48 bits per heavy atom. The molecule has 2 aromatic carbocycles.